The van der Waals surface area contributed by atoms with Gasteiger partial charge in [0.05, 0.1) is 17.8 Å². The van der Waals surface area contributed by atoms with Gasteiger partial charge in [-0.1, -0.05) is 6.07 Å². The number of nitrogens with zero attached hydrogens (tertiary/aromatic N) is 3. The molecule has 0 aliphatic rings. The summed E-state index contributed by atoms with van der Waals surface area (Å²) in [5.74, 6) is 0.0661. The van der Waals surface area contributed by atoms with Crippen molar-refractivity contribution in [3.05, 3.63) is 28.2 Å². The molecule has 1 aromatic rings. The van der Waals surface area contributed by atoms with Crippen LogP contribution in [0.5, 0.6) is 0 Å². The lowest BCUT2D eigenvalue weighted by atomic mass is 10.2. The fourth-order valence-corrected chi connectivity index (χ4v) is 2.35. The SMILES string of the molecule is CCN(CC)C(=O)CN(C)c1cccc(Br)c1C#N. The number of halogens is 1. The zero-order valence-corrected chi connectivity index (χ0v) is 13.1. The van der Waals surface area contributed by atoms with Crippen LogP contribution < -0.4 is 4.90 Å². The van der Waals surface area contributed by atoms with Gasteiger partial charge in [0.15, 0.2) is 0 Å². The Labute approximate surface area is 122 Å². The highest BCUT2D eigenvalue weighted by Crippen LogP contribution is 2.26. The Hall–Kier alpha value is -1.54. The number of hydrogen-bond donors (Lipinski definition) is 0. The second kappa shape index (κ2) is 7.15. The van der Waals surface area contributed by atoms with Crippen molar-refractivity contribution in [1.29, 1.82) is 5.26 Å². The summed E-state index contributed by atoms with van der Waals surface area (Å²) < 4.78 is 0.745. The lowest BCUT2D eigenvalue weighted by Crippen LogP contribution is -2.39. The summed E-state index contributed by atoms with van der Waals surface area (Å²) in [5.41, 5.74) is 1.31. The van der Waals surface area contributed by atoms with Crippen molar-refractivity contribution in [3.8, 4) is 6.07 Å². The molecule has 0 aromatic heterocycles. The topological polar surface area (TPSA) is 47.3 Å². The molecule has 0 bridgehead atoms. The third kappa shape index (κ3) is 3.71. The second-order valence-corrected chi connectivity index (χ2v) is 5.02. The zero-order chi connectivity index (χ0) is 14.4. The number of nitriles is 1. The van der Waals surface area contributed by atoms with Crippen molar-refractivity contribution in [2.75, 3.05) is 31.6 Å². The second-order valence-electron chi connectivity index (χ2n) is 4.17. The lowest BCUT2D eigenvalue weighted by molar-refractivity contribution is -0.129. The van der Waals surface area contributed by atoms with Crippen molar-refractivity contribution < 1.29 is 4.79 Å². The summed E-state index contributed by atoms with van der Waals surface area (Å²) in [7, 11) is 1.82. The summed E-state index contributed by atoms with van der Waals surface area (Å²) in [4.78, 5) is 15.7. The minimum absolute atomic E-state index is 0.0661. The van der Waals surface area contributed by atoms with Crippen LogP contribution in [0.3, 0.4) is 0 Å². The van der Waals surface area contributed by atoms with Crippen molar-refractivity contribution >= 4 is 27.5 Å². The molecule has 0 aliphatic carbocycles. The minimum atomic E-state index is 0.0661. The molecule has 0 heterocycles. The molecule has 0 spiro atoms. The van der Waals surface area contributed by atoms with Gasteiger partial charge in [-0.05, 0) is 41.9 Å². The quantitative estimate of drug-likeness (QED) is 0.836. The number of anilines is 1. The van der Waals surface area contributed by atoms with Crippen LogP contribution in [0.2, 0.25) is 0 Å². The Morgan fingerprint density at radius 2 is 2.00 bits per heavy atom. The van der Waals surface area contributed by atoms with E-state index in [1.807, 2.05) is 44.0 Å². The fourth-order valence-electron chi connectivity index (χ4n) is 1.91. The number of carbonyl (C=O) groups is 1. The first-order valence-corrected chi connectivity index (χ1v) is 7.01. The van der Waals surface area contributed by atoms with Gasteiger partial charge >= 0.3 is 0 Å². The molecule has 0 saturated carbocycles. The van der Waals surface area contributed by atoms with Gasteiger partial charge < -0.3 is 9.80 Å². The van der Waals surface area contributed by atoms with Crippen molar-refractivity contribution in [2.45, 2.75) is 13.8 Å². The number of rotatable bonds is 5. The Morgan fingerprint density at radius 1 is 1.37 bits per heavy atom. The van der Waals surface area contributed by atoms with Crippen molar-refractivity contribution in [1.82, 2.24) is 4.90 Å². The maximum atomic E-state index is 12.1. The highest BCUT2D eigenvalue weighted by atomic mass is 79.9. The molecule has 1 amide bonds. The summed E-state index contributed by atoms with van der Waals surface area (Å²) in [6.45, 7) is 5.59. The normalized spacial score (nSPS) is 9.84. The van der Waals surface area contributed by atoms with Crippen LogP contribution in [0.1, 0.15) is 19.4 Å². The Bertz CT molecular complexity index is 492. The van der Waals surface area contributed by atoms with Gasteiger partial charge in [0, 0.05) is 24.6 Å². The van der Waals surface area contributed by atoms with Crippen LogP contribution in [0.15, 0.2) is 22.7 Å². The van der Waals surface area contributed by atoms with Crippen LogP contribution in [0, 0.1) is 11.3 Å². The highest BCUT2D eigenvalue weighted by molar-refractivity contribution is 9.10. The molecular weight excluding hydrogens is 306 g/mol. The third-order valence-electron chi connectivity index (χ3n) is 3.00. The smallest absolute Gasteiger partial charge is 0.242 e. The number of hydrogen-bond acceptors (Lipinski definition) is 3. The summed E-state index contributed by atoms with van der Waals surface area (Å²) in [6.07, 6.45) is 0. The van der Waals surface area contributed by atoms with E-state index in [9.17, 15) is 10.1 Å². The summed E-state index contributed by atoms with van der Waals surface area (Å²) >= 11 is 3.35. The fraction of sp³-hybridized carbons (Fsp3) is 0.429. The van der Waals surface area contributed by atoms with E-state index in [2.05, 4.69) is 22.0 Å². The maximum Gasteiger partial charge on any atom is 0.242 e. The predicted octanol–water partition coefficient (Wildman–Crippen LogP) is 2.63. The van der Waals surface area contributed by atoms with Gasteiger partial charge in [-0.15, -0.1) is 0 Å². The van der Waals surface area contributed by atoms with E-state index in [0.717, 1.165) is 10.2 Å². The standard InChI is InChI=1S/C14H18BrN3O/c1-4-18(5-2)14(19)10-17(3)13-8-6-7-12(15)11(13)9-16/h6-8H,4-5,10H2,1-3H3. The van der Waals surface area contributed by atoms with Gasteiger partial charge in [-0.3, -0.25) is 4.79 Å². The average Bonchev–Trinajstić information content (AvgIpc) is 2.39. The Balaban J connectivity index is 2.91. The van der Waals surface area contributed by atoms with E-state index in [4.69, 9.17) is 0 Å². The monoisotopic (exact) mass is 323 g/mol. The number of likely N-dealkylation sites (N-methyl/N-ethyl adjacent to an activating group) is 2. The number of benzene rings is 1. The molecular formula is C14H18BrN3O. The van der Waals surface area contributed by atoms with Gasteiger partial charge in [0.1, 0.15) is 6.07 Å². The van der Waals surface area contributed by atoms with Crippen LogP contribution >= 0.6 is 15.9 Å². The van der Waals surface area contributed by atoms with Crippen LogP contribution in [-0.4, -0.2) is 37.5 Å². The molecule has 0 aliphatic heterocycles. The Morgan fingerprint density at radius 3 is 2.53 bits per heavy atom. The van der Waals surface area contributed by atoms with Gasteiger partial charge in [0.2, 0.25) is 5.91 Å². The molecule has 1 aromatic carbocycles. The number of carbonyl (C=O) groups excluding carboxylic acids is 1. The predicted molar refractivity (Wildman–Crippen MR) is 80.1 cm³/mol. The first-order chi connectivity index (χ1) is 9.04. The molecule has 0 N–H and O–H groups in total. The first-order valence-electron chi connectivity index (χ1n) is 6.22. The molecule has 0 fully saturated rings. The highest BCUT2D eigenvalue weighted by Gasteiger charge is 2.16. The molecule has 0 unspecified atom stereocenters. The van der Waals surface area contributed by atoms with E-state index in [0.29, 0.717) is 18.7 Å². The molecule has 102 valence electrons. The average molecular weight is 324 g/mol. The van der Waals surface area contributed by atoms with E-state index < -0.39 is 0 Å². The summed E-state index contributed by atoms with van der Waals surface area (Å²) in [6, 6.07) is 7.69. The molecule has 0 radical (unpaired) electrons. The van der Waals surface area contributed by atoms with Crippen LogP contribution in [0.4, 0.5) is 5.69 Å². The maximum absolute atomic E-state index is 12.1. The molecule has 0 saturated heterocycles. The van der Waals surface area contributed by atoms with Crippen molar-refractivity contribution in [2.24, 2.45) is 0 Å². The van der Waals surface area contributed by atoms with E-state index in [1.54, 1.807) is 4.90 Å². The van der Waals surface area contributed by atoms with Gasteiger partial charge in [-0.2, -0.15) is 5.26 Å². The van der Waals surface area contributed by atoms with E-state index in [-0.39, 0.29) is 12.5 Å². The lowest BCUT2D eigenvalue weighted by Gasteiger charge is -2.25. The van der Waals surface area contributed by atoms with Crippen molar-refractivity contribution in [3.63, 3.8) is 0 Å². The van der Waals surface area contributed by atoms with Gasteiger partial charge in [-0.25, -0.2) is 0 Å². The van der Waals surface area contributed by atoms with E-state index in [1.165, 1.54) is 0 Å². The van der Waals surface area contributed by atoms with Crippen LogP contribution in [-0.2, 0) is 4.79 Å². The first kappa shape index (κ1) is 15.5. The van der Waals surface area contributed by atoms with E-state index >= 15 is 0 Å². The molecule has 4 nitrogen and oxygen atoms in total. The molecule has 19 heavy (non-hydrogen) atoms. The third-order valence-corrected chi connectivity index (χ3v) is 3.66. The summed E-state index contributed by atoms with van der Waals surface area (Å²) in [5, 5.41) is 9.18. The Kier molecular flexibility index (Phi) is 5.84. The minimum Gasteiger partial charge on any atom is -0.364 e. The molecule has 0 atom stereocenters. The molecule has 1 rings (SSSR count). The number of amides is 1. The zero-order valence-electron chi connectivity index (χ0n) is 11.5. The molecule has 5 heteroatoms. The van der Waals surface area contributed by atoms with Crippen LogP contribution in [0.25, 0.3) is 0 Å². The largest absolute Gasteiger partial charge is 0.364 e. The van der Waals surface area contributed by atoms with Gasteiger partial charge in [0.25, 0.3) is 0 Å².